The van der Waals surface area contributed by atoms with Crippen molar-refractivity contribution in [2.75, 3.05) is 47.0 Å². The molecule has 1 unspecified atom stereocenters. The Morgan fingerprint density at radius 2 is 1.85 bits per heavy atom. The quantitative estimate of drug-likeness (QED) is 0.623. The molecule has 0 bridgehead atoms. The van der Waals surface area contributed by atoms with Gasteiger partial charge in [0.05, 0.1) is 19.8 Å². The average Bonchev–Trinajstić information content (AvgIpc) is 3.41. The lowest BCUT2D eigenvalue weighted by atomic mass is 9.84. The third-order valence-electron chi connectivity index (χ3n) is 7.11. The molecule has 2 aromatic carbocycles. The number of H-pyrrole nitrogens is 1. The standard InChI is InChI=1S/C26H31N3O4/c1-18(30)29-11-9-22-23-16-20(32-3)7-8-24(23)27-25(22)26(29)10-12-28(17-26)13-14-33-21-6-4-5-19(15-21)31-2/h4-8,15-16,27H,9-14,17H2,1-3H3. The minimum atomic E-state index is -0.332. The molecule has 5 rings (SSSR count). The zero-order chi connectivity index (χ0) is 23.0. The molecule has 1 atom stereocenters. The van der Waals surface area contributed by atoms with Gasteiger partial charge in [-0.3, -0.25) is 9.69 Å². The Hall–Kier alpha value is -3.19. The van der Waals surface area contributed by atoms with E-state index in [1.165, 1.54) is 16.6 Å². The third kappa shape index (κ3) is 3.80. The van der Waals surface area contributed by atoms with Crippen molar-refractivity contribution in [1.82, 2.24) is 14.8 Å². The molecule has 174 valence electrons. The zero-order valence-corrected chi connectivity index (χ0v) is 19.5. The highest BCUT2D eigenvalue weighted by Gasteiger charge is 2.50. The van der Waals surface area contributed by atoms with Gasteiger partial charge in [-0.25, -0.2) is 0 Å². The summed E-state index contributed by atoms with van der Waals surface area (Å²) in [6.07, 6.45) is 1.76. The van der Waals surface area contributed by atoms with Crippen molar-refractivity contribution >= 4 is 16.8 Å². The number of benzene rings is 2. The van der Waals surface area contributed by atoms with E-state index in [1.54, 1.807) is 21.1 Å². The Kier molecular flexibility index (Phi) is 5.66. The summed E-state index contributed by atoms with van der Waals surface area (Å²) in [4.78, 5) is 20.8. The maximum Gasteiger partial charge on any atom is 0.220 e. The molecule has 7 heteroatoms. The molecule has 33 heavy (non-hydrogen) atoms. The number of nitrogens with one attached hydrogen (secondary N) is 1. The van der Waals surface area contributed by atoms with Crippen molar-refractivity contribution in [3.05, 3.63) is 53.7 Å². The lowest BCUT2D eigenvalue weighted by Crippen LogP contribution is -2.54. The van der Waals surface area contributed by atoms with Crippen molar-refractivity contribution in [3.8, 4) is 17.2 Å². The van der Waals surface area contributed by atoms with Crippen molar-refractivity contribution < 1.29 is 19.0 Å². The second kappa shape index (κ2) is 8.63. The molecule has 3 aromatic rings. The van der Waals surface area contributed by atoms with Crippen LogP contribution in [0.2, 0.25) is 0 Å². The molecule has 0 aliphatic carbocycles. The first kappa shape index (κ1) is 21.6. The summed E-state index contributed by atoms with van der Waals surface area (Å²) in [5, 5.41) is 1.20. The number of methoxy groups -OCH3 is 2. The van der Waals surface area contributed by atoms with Gasteiger partial charge in [-0.1, -0.05) is 6.07 Å². The number of amides is 1. The van der Waals surface area contributed by atoms with E-state index in [-0.39, 0.29) is 11.4 Å². The van der Waals surface area contributed by atoms with E-state index in [0.717, 1.165) is 61.8 Å². The molecule has 1 spiro atoms. The van der Waals surface area contributed by atoms with Gasteiger partial charge in [-0.2, -0.15) is 0 Å². The zero-order valence-electron chi connectivity index (χ0n) is 19.5. The van der Waals surface area contributed by atoms with E-state index < -0.39 is 0 Å². The average molecular weight is 450 g/mol. The molecule has 2 aliphatic rings. The van der Waals surface area contributed by atoms with Crippen LogP contribution in [0, 0.1) is 0 Å². The summed E-state index contributed by atoms with van der Waals surface area (Å²) in [6, 6.07) is 13.8. The van der Waals surface area contributed by atoms with E-state index in [1.807, 2.05) is 30.3 Å². The van der Waals surface area contributed by atoms with Crippen LogP contribution in [0.5, 0.6) is 17.2 Å². The largest absolute Gasteiger partial charge is 0.497 e. The number of rotatable bonds is 6. The van der Waals surface area contributed by atoms with Crippen LogP contribution in [0.15, 0.2) is 42.5 Å². The molecular formula is C26H31N3O4. The number of carbonyl (C=O) groups is 1. The van der Waals surface area contributed by atoms with E-state index in [2.05, 4.69) is 26.9 Å². The Labute approximate surface area is 194 Å². The van der Waals surface area contributed by atoms with Crippen molar-refractivity contribution in [1.29, 1.82) is 0 Å². The highest BCUT2D eigenvalue weighted by atomic mass is 16.5. The Morgan fingerprint density at radius 1 is 1.06 bits per heavy atom. The molecule has 1 fully saturated rings. The van der Waals surface area contributed by atoms with Crippen LogP contribution in [-0.2, 0) is 16.8 Å². The third-order valence-corrected chi connectivity index (χ3v) is 7.11. The van der Waals surface area contributed by atoms with Crippen LogP contribution in [0.25, 0.3) is 10.9 Å². The van der Waals surface area contributed by atoms with E-state index in [4.69, 9.17) is 14.2 Å². The Balaban J connectivity index is 1.38. The molecule has 1 aromatic heterocycles. The number of carbonyl (C=O) groups excluding carboxylic acids is 1. The fourth-order valence-corrected chi connectivity index (χ4v) is 5.51. The SMILES string of the molecule is COc1cccc(OCCN2CCC3(C2)c2[nH]c4ccc(OC)cc4c2CCN3C(C)=O)c1. The fraction of sp³-hybridized carbons (Fsp3) is 0.423. The topological polar surface area (TPSA) is 67.0 Å². The van der Waals surface area contributed by atoms with E-state index in [0.29, 0.717) is 6.61 Å². The Morgan fingerprint density at radius 3 is 2.64 bits per heavy atom. The number of likely N-dealkylation sites (tertiary alicyclic amines) is 1. The maximum atomic E-state index is 12.7. The first-order valence-electron chi connectivity index (χ1n) is 11.5. The summed E-state index contributed by atoms with van der Waals surface area (Å²) in [5.41, 5.74) is 3.27. The molecule has 1 saturated heterocycles. The van der Waals surface area contributed by atoms with Gasteiger partial charge in [0, 0.05) is 55.8 Å². The van der Waals surface area contributed by atoms with Crippen molar-refractivity contribution in [2.24, 2.45) is 0 Å². The summed E-state index contributed by atoms with van der Waals surface area (Å²) >= 11 is 0. The van der Waals surface area contributed by atoms with Crippen LogP contribution >= 0.6 is 0 Å². The number of fused-ring (bicyclic) bond motifs is 4. The lowest BCUT2D eigenvalue weighted by molar-refractivity contribution is -0.136. The van der Waals surface area contributed by atoms with Crippen LogP contribution < -0.4 is 14.2 Å². The van der Waals surface area contributed by atoms with Gasteiger partial charge in [0.2, 0.25) is 5.91 Å². The number of hydrogen-bond acceptors (Lipinski definition) is 5. The Bertz CT molecular complexity index is 1170. The van der Waals surface area contributed by atoms with Gasteiger partial charge < -0.3 is 24.1 Å². The van der Waals surface area contributed by atoms with Gasteiger partial charge in [0.15, 0.2) is 0 Å². The highest BCUT2D eigenvalue weighted by molar-refractivity contribution is 5.87. The molecule has 0 radical (unpaired) electrons. The van der Waals surface area contributed by atoms with Crippen LogP contribution in [0.4, 0.5) is 0 Å². The summed E-state index contributed by atoms with van der Waals surface area (Å²) in [6.45, 7) is 5.52. The van der Waals surface area contributed by atoms with E-state index >= 15 is 0 Å². The number of ether oxygens (including phenoxy) is 3. The molecule has 1 amide bonds. The first-order chi connectivity index (χ1) is 16.0. The minimum absolute atomic E-state index is 0.131. The summed E-state index contributed by atoms with van der Waals surface area (Å²) < 4.78 is 16.7. The smallest absolute Gasteiger partial charge is 0.220 e. The first-order valence-corrected chi connectivity index (χ1v) is 11.5. The predicted octanol–water partition coefficient (Wildman–Crippen LogP) is 3.57. The predicted molar refractivity (Wildman–Crippen MR) is 127 cm³/mol. The normalized spacial score (nSPS) is 20.3. The van der Waals surface area contributed by atoms with Crippen LogP contribution in [0.3, 0.4) is 0 Å². The van der Waals surface area contributed by atoms with Gasteiger partial charge in [-0.05, 0) is 48.7 Å². The van der Waals surface area contributed by atoms with Gasteiger partial charge in [-0.15, -0.1) is 0 Å². The molecular weight excluding hydrogens is 418 g/mol. The second-order valence-corrected chi connectivity index (χ2v) is 8.90. The van der Waals surface area contributed by atoms with Gasteiger partial charge in [0.1, 0.15) is 23.9 Å². The highest BCUT2D eigenvalue weighted by Crippen LogP contribution is 2.45. The number of aromatic amines is 1. The monoisotopic (exact) mass is 449 g/mol. The number of nitrogens with zero attached hydrogens (tertiary/aromatic N) is 2. The van der Waals surface area contributed by atoms with E-state index in [9.17, 15) is 4.79 Å². The second-order valence-electron chi connectivity index (χ2n) is 8.90. The summed E-state index contributed by atoms with van der Waals surface area (Å²) in [5.74, 6) is 2.58. The number of aromatic nitrogens is 1. The number of hydrogen-bond donors (Lipinski definition) is 1. The molecule has 3 heterocycles. The molecule has 0 saturated carbocycles. The molecule has 2 aliphatic heterocycles. The molecule has 1 N–H and O–H groups in total. The van der Waals surface area contributed by atoms with Crippen LogP contribution in [0.1, 0.15) is 24.6 Å². The van der Waals surface area contributed by atoms with Crippen molar-refractivity contribution in [2.45, 2.75) is 25.3 Å². The lowest BCUT2D eigenvalue weighted by Gasteiger charge is -2.44. The minimum Gasteiger partial charge on any atom is -0.497 e. The fourth-order valence-electron chi connectivity index (χ4n) is 5.51. The van der Waals surface area contributed by atoms with Crippen LogP contribution in [-0.4, -0.2) is 67.7 Å². The van der Waals surface area contributed by atoms with Gasteiger partial charge >= 0.3 is 0 Å². The molecule has 7 nitrogen and oxygen atoms in total. The maximum absolute atomic E-state index is 12.7. The van der Waals surface area contributed by atoms with Gasteiger partial charge in [0.25, 0.3) is 0 Å². The van der Waals surface area contributed by atoms with Crippen molar-refractivity contribution in [3.63, 3.8) is 0 Å². The summed E-state index contributed by atoms with van der Waals surface area (Å²) in [7, 11) is 3.35.